The Morgan fingerprint density at radius 2 is 1.77 bits per heavy atom. The minimum absolute atomic E-state index is 0.0562. The highest BCUT2D eigenvalue weighted by Gasteiger charge is 2.38. The van der Waals surface area contributed by atoms with Crippen LogP contribution in [0.2, 0.25) is 0 Å². The standard InChI is InChI=1S/C26H41N5O8S/c1-16-14-18(37-6)15-17(2)21(16)40(35,36)30-24(27)28-12-8-10-19(23(33)38-7)29-22(32)20-11-9-13-31(20)25(34)39-26(3,4)5/h14-15,19-20H,8-13H2,1-7H3,(H,29,32)(H3,27,28,30)/t19-,20-/m0/s1. The van der Waals surface area contributed by atoms with Gasteiger partial charge in [-0.1, -0.05) is 0 Å². The summed E-state index contributed by atoms with van der Waals surface area (Å²) in [6.45, 7) is 9.00. The van der Waals surface area contributed by atoms with E-state index in [2.05, 4.69) is 15.4 Å². The van der Waals surface area contributed by atoms with Gasteiger partial charge in [-0.15, -0.1) is 0 Å². The van der Waals surface area contributed by atoms with Crippen LogP contribution in [0, 0.1) is 19.3 Å². The van der Waals surface area contributed by atoms with Crippen molar-refractivity contribution >= 4 is 34.0 Å². The summed E-state index contributed by atoms with van der Waals surface area (Å²) in [5.74, 6) is -1.05. The van der Waals surface area contributed by atoms with Gasteiger partial charge in [-0.05, 0) is 83.6 Å². The number of sulfonamides is 1. The summed E-state index contributed by atoms with van der Waals surface area (Å²) in [5.41, 5.74) is 0.235. The van der Waals surface area contributed by atoms with Crippen molar-refractivity contribution in [1.82, 2.24) is 20.3 Å². The molecule has 13 nitrogen and oxygen atoms in total. The molecule has 40 heavy (non-hydrogen) atoms. The highest BCUT2D eigenvalue weighted by molar-refractivity contribution is 7.90. The van der Waals surface area contributed by atoms with Crippen molar-refractivity contribution < 1.29 is 37.0 Å². The van der Waals surface area contributed by atoms with Crippen LogP contribution in [0.4, 0.5) is 4.79 Å². The molecule has 0 unspecified atom stereocenters. The summed E-state index contributed by atoms with van der Waals surface area (Å²) < 4.78 is 43.3. The summed E-state index contributed by atoms with van der Waals surface area (Å²) in [5, 5.41) is 13.4. The van der Waals surface area contributed by atoms with Crippen LogP contribution in [0.15, 0.2) is 17.0 Å². The van der Waals surface area contributed by atoms with Crippen molar-refractivity contribution in [3.8, 4) is 5.75 Å². The SMILES string of the molecule is COC(=O)[C@H](CCCNC(=N)NS(=O)(=O)c1c(C)cc(OC)cc1C)NC(=O)[C@@H]1CCCN1C(=O)OC(C)(C)C. The fourth-order valence-corrected chi connectivity index (χ4v) is 5.84. The van der Waals surface area contributed by atoms with Crippen LogP contribution in [0.25, 0.3) is 0 Å². The lowest BCUT2D eigenvalue weighted by molar-refractivity contribution is -0.145. The van der Waals surface area contributed by atoms with Crippen molar-refractivity contribution in [3.05, 3.63) is 23.3 Å². The van der Waals surface area contributed by atoms with Crippen LogP contribution < -0.4 is 20.1 Å². The van der Waals surface area contributed by atoms with Crippen LogP contribution >= 0.6 is 0 Å². The van der Waals surface area contributed by atoms with E-state index in [4.69, 9.17) is 19.6 Å². The predicted octanol–water partition coefficient (Wildman–Crippen LogP) is 1.95. The number of nitrogens with zero attached hydrogens (tertiary/aromatic N) is 1. The zero-order valence-corrected chi connectivity index (χ0v) is 25.0. The topological polar surface area (TPSA) is 176 Å². The number of benzene rings is 1. The lowest BCUT2D eigenvalue weighted by Crippen LogP contribution is -2.52. The van der Waals surface area contributed by atoms with Gasteiger partial charge in [-0.2, -0.15) is 0 Å². The van der Waals surface area contributed by atoms with E-state index in [0.717, 1.165) is 0 Å². The molecule has 4 N–H and O–H groups in total. The number of hydrogen-bond donors (Lipinski definition) is 4. The molecule has 224 valence electrons. The zero-order valence-electron chi connectivity index (χ0n) is 24.2. The molecule has 1 heterocycles. The molecular weight excluding hydrogens is 542 g/mol. The Kier molecular flexibility index (Phi) is 11.2. The monoisotopic (exact) mass is 583 g/mol. The van der Waals surface area contributed by atoms with Gasteiger partial charge in [0.1, 0.15) is 23.4 Å². The number of likely N-dealkylation sites (tertiary alicyclic amines) is 1. The number of rotatable bonds is 10. The maximum absolute atomic E-state index is 13.0. The summed E-state index contributed by atoms with van der Waals surface area (Å²) in [4.78, 5) is 39.3. The Bertz CT molecular complexity index is 1190. The second-order valence-corrected chi connectivity index (χ2v) is 12.2. The van der Waals surface area contributed by atoms with E-state index in [1.54, 1.807) is 46.8 Å². The number of carbonyl (C=O) groups is 3. The molecule has 1 aliphatic heterocycles. The Morgan fingerprint density at radius 3 is 2.33 bits per heavy atom. The van der Waals surface area contributed by atoms with Crippen molar-refractivity contribution in [3.63, 3.8) is 0 Å². The third-order valence-electron chi connectivity index (χ3n) is 6.13. The van der Waals surface area contributed by atoms with E-state index in [-0.39, 0.29) is 17.9 Å². The highest BCUT2D eigenvalue weighted by Crippen LogP contribution is 2.25. The summed E-state index contributed by atoms with van der Waals surface area (Å²) >= 11 is 0. The zero-order chi connectivity index (χ0) is 30.3. The normalized spacial score (nSPS) is 16.1. The minimum atomic E-state index is -4.03. The number of amides is 2. The molecule has 0 spiro atoms. The lowest BCUT2D eigenvalue weighted by Gasteiger charge is -2.28. The Labute approximate surface area is 235 Å². The first-order valence-corrected chi connectivity index (χ1v) is 14.5. The Morgan fingerprint density at radius 1 is 1.15 bits per heavy atom. The van der Waals surface area contributed by atoms with Crippen LogP contribution in [0.1, 0.15) is 57.6 Å². The second kappa shape index (κ2) is 13.7. The van der Waals surface area contributed by atoms with Gasteiger partial charge in [0.15, 0.2) is 0 Å². The highest BCUT2D eigenvalue weighted by atomic mass is 32.2. The molecule has 1 aromatic carbocycles. The lowest BCUT2D eigenvalue weighted by atomic mass is 10.1. The molecule has 1 aromatic rings. The third kappa shape index (κ3) is 9.00. The van der Waals surface area contributed by atoms with Crippen molar-refractivity contribution in [2.75, 3.05) is 27.3 Å². The van der Waals surface area contributed by atoms with Crippen LogP contribution in [0.3, 0.4) is 0 Å². The number of nitrogens with one attached hydrogen (secondary N) is 4. The van der Waals surface area contributed by atoms with Crippen molar-refractivity contribution in [2.45, 2.75) is 82.9 Å². The van der Waals surface area contributed by atoms with Crippen LogP contribution in [-0.4, -0.2) is 82.2 Å². The molecule has 2 atom stereocenters. The predicted molar refractivity (Wildman–Crippen MR) is 148 cm³/mol. The quantitative estimate of drug-likeness (QED) is 0.139. The van der Waals surface area contributed by atoms with Crippen molar-refractivity contribution in [1.29, 1.82) is 5.41 Å². The molecule has 2 rings (SSSR count). The van der Waals surface area contributed by atoms with E-state index in [1.165, 1.54) is 19.1 Å². The molecule has 1 saturated heterocycles. The van der Waals surface area contributed by atoms with Gasteiger partial charge in [0, 0.05) is 13.1 Å². The van der Waals surface area contributed by atoms with Crippen LogP contribution in [-0.2, 0) is 29.1 Å². The molecule has 1 aliphatic rings. The van der Waals surface area contributed by atoms with Gasteiger partial charge in [0.25, 0.3) is 10.0 Å². The summed E-state index contributed by atoms with van der Waals surface area (Å²) in [6, 6.07) is 1.43. The van der Waals surface area contributed by atoms with Gasteiger partial charge in [0.2, 0.25) is 11.9 Å². The van der Waals surface area contributed by atoms with Gasteiger partial charge in [-0.25, -0.2) is 22.7 Å². The third-order valence-corrected chi connectivity index (χ3v) is 7.79. The molecule has 0 aromatic heterocycles. The average molecular weight is 584 g/mol. The van der Waals surface area contributed by atoms with E-state index in [0.29, 0.717) is 42.7 Å². The smallest absolute Gasteiger partial charge is 0.410 e. The fraction of sp³-hybridized carbons (Fsp3) is 0.615. The molecule has 0 bridgehead atoms. The molecule has 0 radical (unpaired) electrons. The first-order valence-electron chi connectivity index (χ1n) is 13.0. The number of carbonyl (C=O) groups excluding carboxylic acids is 3. The van der Waals surface area contributed by atoms with Gasteiger partial charge >= 0.3 is 12.1 Å². The number of ether oxygens (including phenoxy) is 3. The second-order valence-electron chi connectivity index (χ2n) is 10.6. The maximum Gasteiger partial charge on any atom is 0.410 e. The molecule has 2 amide bonds. The van der Waals surface area contributed by atoms with E-state index < -0.39 is 51.6 Å². The molecule has 14 heteroatoms. The van der Waals surface area contributed by atoms with Crippen LogP contribution in [0.5, 0.6) is 5.75 Å². The fourth-order valence-electron chi connectivity index (χ4n) is 4.43. The summed E-state index contributed by atoms with van der Waals surface area (Å²) in [7, 11) is -1.34. The summed E-state index contributed by atoms with van der Waals surface area (Å²) in [6.07, 6.45) is 0.916. The minimum Gasteiger partial charge on any atom is -0.497 e. The van der Waals surface area contributed by atoms with E-state index in [1.807, 2.05) is 0 Å². The van der Waals surface area contributed by atoms with Gasteiger partial charge in [0.05, 0.1) is 19.1 Å². The van der Waals surface area contributed by atoms with E-state index in [9.17, 15) is 22.8 Å². The van der Waals surface area contributed by atoms with E-state index >= 15 is 0 Å². The Hall–Kier alpha value is -3.55. The first-order chi connectivity index (χ1) is 18.6. The van der Waals surface area contributed by atoms with Gasteiger partial charge in [-0.3, -0.25) is 15.1 Å². The number of hydrogen-bond acceptors (Lipinski definition) is 9. The molecule has 0 saturated carbocycles. The molecule has 1 fully saturated rings. The first kappa shape index (κ1) is 32.7. The Balaban J connectivity index is 1.93. The maximum atomic E-state index is 13.0. The number of guanidine groups is 1. The average Bonchev–Trinajstić information content (AvgIpc) is 3.33. The number of aryl methyl sites for hydroxylation is 2. The van der Waals surface area contributed by atoms with Crippen molar-refractivity contribution in [2.24, 2.45) is 0 Å². The number of esters is 1. The van der Waals surface area contributed by atoms with Gasteiger partial charge < -0.3 is 24.8 Å². The molecular formula is C26H41N5O8S. The number of methoxy groups -OCH3 is 2. The molecule has 0 aliphatic carbocycles. The largest absolute Gasteiger partial charge is 0.497 e.